The van der Waals surface area contributed by atoms with Gasteiger partial charge in [-0.1, -0.05) is 60.7 Å². The molecule has 0 unspecified atom stereocenters. The normalized spacial score (nSPS) is 22.6. The fourth-order valence-corrected chi connectivity index (χ4v) is 7.24. The van der Waals surface area contributed by atoms with Crippen molar-refractivity contribution in [2.75, 3.05) is 31.5 Å². The van der Waals surface area contributed by atoms with Gasteiger partial charge in [0.2, 0.25) is 5.91 Å². The van der Waals surface area contributed by atoms with E-state index in [0.717, 1.165) is 11.3 Å². The largest absolute Gasteiger partial charge is 0.497 e. The van der Waals surface area contributed by atoms with Gasteiger partial charge in [-0.05, 0) is 53.6 Å². The summed E-state index contributed by atoms with van der Waals surface area (Å²) in [6.45, 7) is 0. The number of ketones is 2. The van der Waals surface area contributed by atoms with Crippen molar-refractivity contribution in [3.05, 3.63) is 119 Å². The molecule has 0 saturated carbocycles. The maximum atomic E-state index is 15.2. The molecule has 8 heteroatoms. The van der Waals surface area contributed by atoms with E-state index in [4.69, 9.17) is 14.2 Å². The number of benzene rings is 4. The van der Waals surface area contributed by atoms with E-state index < -0.39 is 29.2 Å². The van der Waals surface area contributed by atoms with E-state index in [-0.39, 0.29) is 17.3 Å². The van der Waals surface area contributed by atoms with Crippen molar-refractivity contribution in [3.8, 4) is 17.2 Å². The summed E-state index contributed by atoms with van der Waals surface area (Å²) in [7, 11) is 4.55. The first-order valence-electron chi connectivity index (χ1n) is 14.3. The molecule has 3 aliphatic rings. The number of amides is 1. The smallest absolute Gasteiger partial charge is 0.238 e. The minimum Gasteiger partial charge on any atom is -0.497 e. The van der Waals surface area contributed by atoms with Crippen LogP contribution in [0.3, 0.4) is 0 Å². The molecule has 0 aromatic heterocycles. The van der Waals surface area contributed by atoms with E-state index in [1.807, 2.05) is 65.6 Å². The Balaban J connectivity index is 1.55. The van der Waals surface area contributed by atoms with E-state index in [0.29, 0.717) is 34.1 Å². The van der Waals surface area contributed by atoms with Gasteiger partial charge in [0.05, 0.1) is 38.9 Å². The van der Waals surface area contributed by atoms with Gasteiger partial charge >= 0.3 is 0 Å². The molecule has 0 bridgehead atoms. The molecule has 4 atom stereocenters. The fraction of sp³-hybridized carbons (Fsp3) is 0.194. The van der Waals surface area contributed by atoms with Crippen LogP contribution < -0.4 is 24.4 Å². The minimum atomic E-state index is -1.44. The van der Waals surface area contributed by atoms with E-state index >= 15 is 4.79 Å². The Morgan fingerprint density at radius 2 is 1.55 bits per heavy atom. The molecule has 3 heterocycles. The number of hydrogen-bond acceptors (Lipinski definition) is 7. The molecule has 220 valence electrons. The third-order valence-electron chi connectivity index (χ3n) is 9.12. The molecule has 1 fully saturated rings. The van der Waals surface area contributed by atoms with Crippen LogP contribution in [0, 0.1) is 5.92 Å². The highest BCUT2D eigenvalue weighted by atomic mass is 16.5. The molecule has 0 aliphatic carbocycles. The Morgan fingerprint density at radius 3 is 2.34 bits per heavy atom. The summed E-state index contributed by atoms with van der Waals surface area (Å²) in [6, 6.07) is 25.3. The first-order chi connectivity index (χ1) is 21.4. The number of nitrogens with zero attached hydrogens (tertiary/aromatic N) is 1. The predicted octanol–water partition coefficient (Wildman–Crippen LogP) is 5.57. The third kappa shape index (κ3) is 3.80. The van der Waals surface area contributed by atoms with Crippen LogP contribution in [-0.4, -0.2) is 50.9 Å². The van der Waals surface area contributed by atoms with Crippen LogP contribution in [0.25, 0.3) is 6.08 Å². The van der Waals surface area contributed by atoms with Crippen molar-refractivity contribution < 1.29 is 28.6 Å². The lowest BCUT2D eigenvalue weighted by Gasteiger charge is -2.37. The average molecular weight is 587 g/mol. The number of rotatable bonds is 7. The second-order valence-corrected chi connectivity index (χ2v) is 11.1. The second-order valence-electron chi connectivity index (χ2n) is 11.1. The van der Waals surface area contributed by atoms with Crippen LogP contribution in [0.5, 0.6) is 17.2 Å². The van der Waals surface area contributed by atoms with Gasteiger partial charge in [0.25, 0.3) is 0 Å². The number of nitrogens with one attached hydrogen (secondary N) is 1. The summed E-state index contributed by atoms with van der Waals surface area (Å²) in [6.07, 6.45) is 3.92. The van der Waals surface area contributed by atoms with Gasteiger partial charge < -0.3 is 24.4 Å². The average Bonchev–Trinajstić information content (AvgIpc) is 3.55. The van der Waals surface area contributed by atoms with Gasteiger partial charge in [-0.15, -0.1) is 0 Å². The number of methoxy groups -OCH3 is 3. The van der Waals surface area contributed by atoms with Crippen LogP contribution >= 0.6 is 0 Å². The zero-order valence-corrected chi connectivity index (χ0v) is 24.4. The quantitative estimate of drug-likeness (QED) is 0.283. The molecule has 1 amide bonds. The van der Waals surface area contributed by atoms with E-state index in [1.54, 1.807) is 42.5 Å². The molecule has 0 radical (unpaired) electrons. The first kappa shape index (κ1) is 27.5. The summed E-state index contributed by atoms with van der Waals surface area (Å²) >= 11 is 0. The number of carbonyl (C=O) groups is 3. The number of carbonyl (C=O) groups excluding carboxylic acids is 3. The highest BCUT2D eigenvalue weighted by molar-refractivity contribution is 6.19. The zero-order valence-electron chi connectivity index (χ0n) is 24.4. The molecule has 7 rings (SSSR count). The number of para-hydroxylation sites is 2. The molecule has 1 spiro atoms. The van der Waals surface area contributed by atoms with Gasteiger partial charge in [0, 0.05) is 16.9 Å². The minimum absolute atomic E-state index is 0.231. The monoisotopic (exact) mass is 586 g/mol. The first-order valence-corrected chi connectivity index (χ1v) is 14.3. The lowest BCUT2D eigenvalue weighted by Crippen LogP contribution is -2.51. The molecular weight excluding hydrogens is 556 g/mol. The summed E-state index contributed by atoms with van der Waals surface area (Å²) in [4.78, 5) is 46.6. The van der Waals surface area contributed by atoms with Crippen LogP contribution in [0.15, 0.2) is 97.1 Å². The van der Waals surface area contributed by atoms with E-state index in [1.165, 1.54) is 21.3 Å². The van der Waals surface area contributed by atoms with Crippen molar-refractivity contribution in [2.45, 2.75) is 17.5 Å². The molecule has 3 aliphatic heterocycles. The number of Topliss-reactive ketones (excluding diaryl/α,β-unsaturated/α-hetero) is 2. The van der Waals surface area contributed by atoms with Gasteiger partial charge in [-0.25, -0.2) is 0 Å². The Bertz CT molecular complexity index is 1870. The SMILES string of the molecule is COc1cccc(C(=O)[C@H]2[C@@H](C(=O)c3cc(OC)ccc3OC)[C@]3(C(=O)Nc4ccccc43)[C@H]3C=Cc4ccccc4N23)c1. The second kappa shape index (κ2) is 10.4. The Kier molecular flexibility index (Phi) is 6.50. The van der Waals surface area contributed by atoms with E-state index in [2.05, 4.69) is 5.32 Å². The van der Waals surface area contributed by atoms with Crippen molar-refractivity contribution in [1.82, 2.24) is 0 Å². The van der Waals surface area contributed by atoms with Crippen molar-refractivity contribution in [1.29, 1.82) is 0 Å². The van der Waals surface area contributed by atoms with Gasteiger partial charge in [0.15, 0.2) is 11.6 Å². The molecule has 44 heavy (non-hydrogen) atoms. The summed E-state index contributed by atoms with van der Waals surface area (Å²) in [5.41, 5.74) is 2.12. The van der Waals surface area contributed by atoms with Crippen molar-refractivity contribution >= 4 is 34.9 Å². The predicted molar refractivity (Wildman–Crippen MR) is 167 cm³/mol. The van der Waals surface area contributed by atoms with Gasteiger partial charge in [-0.3, -0.25) is 14.4 Å². The van der Waals surface area contributed by atoms with Crippen LogP contribution in [0.1, 0.15) is 31.8 Å². The van der Waals surface area contributed by atoms with E-state index in [9.17, 15) is 9.59 Å². The lowest BCUT2D eigenvalue weighted by atomic mass is 9.64. The third-order valence-corrected chi connectivity index (χ3v) is 9.12. The van der Waals surface area contributed by atoms with Gasteiger partial charge in [0.1, 0.15) is 28.7 Å². The summed E-state index contributed by atoms with van der Waals surface area (Å²) in [5.74, 6) is -0.879. The van der Waals surface area contributed by atoms with Crippen LogP contribution in [0.2, 0.25) is 0 Å². The maximum Gasteiger partial charge on any atom is 0.238 e. The zero-order chi connectivity index (χ0) is 30.6. The molecule has 4 aromatic carbocycles. The molecular formula is C36H30N2O6. The van der Waals surface area contributed by atoms with Crippen molar-refractivity contribution in [2.24, 2.45) is 5.92 Å². The summed E-state index contributed by atoms with van der Waals surface area (Å²) in [5, 5.41) is 3.05. The fourth-order valence-electron chi connectivity index (χ4n) is 7.24. The molecule has 4 aromatic rings. The molecule has 8 nitrogen and oxygen atoms in total. The number of hydrogen-bond donors (Lipinski definition) is 1. The number of anilines is 2. The lowest BCUT2D eigenvalue weighted by molar-refractivity contribution is -0.121. The topological polar surface area (TPSA) is 94.2 Å². The Morgan fingerprint density at radius 1 is 0.795 bits per heavy atom. The number of fused-ring (bicyclic) bond motifs is 6. The standard InChI is InChI=1S/C36H30N2O6/c1-42-23-11-8-10-22(19-23)33(39)32-31(34(40)25-20-24(43-2)16-17-29(25)44-3)36(26-12-5-6-13-27(26)37-35(36)41)30-18-15-21-9-4-7-14-28(21)38(30)32/h4-20,30-32H,1-3H3,(H,37,41)/t30-,31+,32-,36-/m1/s1. The highest BCUT2D eigenvalue weighted by Crippen LogP contribution is 2.58. The summed E-state index contributed by atoms with van der Waals surface area (Å²) < 4.78 is 16.6. The van der Waals surface area contributed by atoms with Crippen LogP contribution in [0.4, 0.5) is 11.4 Å². The number of ether oxygens (including phenoxy) is 3. The highest BCUT2D eigenvalue weighted by Gasteiger charge is 2.70. The Labute approximate surface area is 254 Å². The molecule has 1 saturated heterocycles. The van der Waals surface area contributed by atoms with Crippen molar-refractivity contribution in [3.63, 3.8) is 0 Å². The maximum absolute atomic E-state index is 15.2. The van der Waals surface area contributed by atoms with Gasteiger partial charge in [-0.2, -0.15) is 0 Å². The van der Waals surface area contributed by atoms with Crippen LogP contribution in [-0.2, 0) is 10.2 Å². The Hall–Kier alpha value is -5.37. The molecule has 1 N–H and O–H groups in total.